The maximum atomic E-state index is 14.9. The second-order valence-corrected chi connectivity index (χ2v) is 32.8. The lowest BCUT2D eigenvalue weighted by atomic mass is 9.81. The van der Waals surface area contributed by atoms with Crippen molar-refractivity contribution in [1.82, 2.24) is 0 Å². The minimum Gasteiger partial charge on any atom is -0.378 e. The van der Waals surface area contributed by atoms with E-state index in [1.165, 1.54) is 48.5 Å². The van der Waals surface area contributed by atoms with E-state index in [-0.39, 0.29) is 139 Å². The number of hydrogen-bond acceptors (Lipinski definition) is 14. The number of benzene rings is 8. The summed E-state index contributed by atoms with van der Waals surface area (Å²) in [5.41, 5.74) is 16.3. The molecule has 0 spiro atoms. The van der Waals surface area contributed by atoms with Crippen LogP contribution in [0.4, 0.5) is 0 Å². The Morgan fingerprint density at radius 3 is 0.698 bits per heavy atom. The van der Waals surface area contributed by atoms with Crippen molar-refractivity contribution >= 4 is 104 Å². The van der Waals surface area contributed by atoms with Gasteiger partial charge in [0.05, 0.1) is 0 Å². The first-order chi connectivity index (χ1) is 40.3. The molecule has 8 aromatic carbocycles. The van der Waals surface area contributed by atoms with Crippen molar-refractivity contribution in [3.8, 4) is 23.0 Å². The Hall–Kier alpha value is -5.40. The lowest BCUT2D eigenvalue weighted by Gasteiger charge is -2.27. The fourth-order valence-corrected chi connectivity index (χ4v) is 15.0. The third kappa shape index (κ3) is 15.2. The summed E-state index contributed by atoms with van der Waals surface area (Å²) in [5.74, 6) is -0.496. The molecular weight excluding hydrogens is 1440 g/mol. The Balaban J connectivity index is 1.45. The largest absolute Gasteiger partial charge is 0.378 e. The first-order valence-electron chi connectivity index (χ1n) is 27.1. The van der Waals surface area contributed by atoms with Gasteiger partial charge >= 0.3 is 40.5 Å². The standard InChI is InChI=1S/C64H62Br4N2O12S4/c1-63(2,3)49-35-45-31-41-27-39(23-25-69)29-43(59(41)79-83(71,72)55-15-7-51(65)8-16-55)33-47-37-50(64(4,5)6)38-48(62(47)82-86(77,78)58-21-13-54(68)14-22-58)34-44-30-40(24-26-70)28-42(60(44)80-84(73,74)56-17-9-52(66)10-18-56)32-46(36-49)61(45)81-85(75,76)57-19-11-53(67)12-20-57/h7-22,27-30,35-38H,23-26,31-34,69-70H2,1-6H3. The summed E-state index contributed by atoms with van der Waals surface area (Å²) in [7, 11) is -18.8. The van der Waals surface area contributed by atoms with Gasteiger partial charge in [0.1, 0.15) is 42.6 Å². The van der Waals surface area contributed by atoms with Crippen LogP contribution in [0.2, 0.25) is 0 Å². The van der Waals surface area contributed by atoms with Gasteiger partial charge in [0.15, 0.2) is 0 Å². The van der Waals surface area contributed by atoms with Gasteiger partial charge in [0, 0.05) is 88.1 Å². The molecule has 8 bridgehead atoms. The fraction of sp³-hybridized carbons (Fsp3) is 0.250. The zero-order valence-electron chi connectivity index (χ0n) is 47.7. The van der Waals surface area contributed by atoms with Gasteiger partial charge in [-0.3, -0.25) is 0 Å². The molecule has 4 N–H and O–H groups in total. The quantitative estimate of drug-likeness (QED) is 0.0859. The highest BCUT2D eigenvalue weighted by atomic mass is 79.9. The lowest BCUT2D eigenvalue weighted by Crippen LogP contribution is -2.19. The minimum absolute atomic E-state index is 0.123. The first kappa shape index (κ1) is 65.1. The molecule has 9 rings (SSSR count). The van der Waals surface area contributed by atoms with Crippen molar-refractivity contribution in [3.63, 3.8) is 0 Å². The summed E-state index contributed by atoms with van der Waals surface area (Å²) >= 11 is 13.6. The third-order valence-electron chi connectivity index (χ3n) is 14.4. The van der Waals surface area contributed by atoms with Gasteiger partial charge in [-0.25, -0.2) is 0 Å². The third-order valence-corrected chi connectivity index (χ3v) is 21.5. The number of hydrogen-bond donors (Lipinski definition) is 2. The van der Waals surface area contributed by atoms with Crippen LogP contribution in [0.5, 0.6) is 23.0 Å². The monoisotopic (exact) mass is 1490 g/mol. The van der Waals surface area contributed by atoms with Crippen LogP contribution < -0.4 is 28.2 Å². The van der Waals surface area contributed by atoms with Gasteiger partial charge in [0.2, 0.25) is 0 Å². The first-order valence-corrected chi connectivity index (χ1v) is 36.0. The van der Waals surface area contributed by atoms with Crippen molar-refractivity contribution in [2.45, 2.75) is 110 Å². The van der Waals surface area contributed by atoms with Crippen LogP contribution in [0.25, 0.3) is 0 Å². The molecule has 0 amide bonds. The summed E-state index contributed by atoms with van der Waals surface area (Å²) in [6, 6.07) is 38.0. The van der Waals surface area contributed by atoms with Gasteiger partial charge in [-0.2, -0.15) is 33.7 Å². The van der Waals surface area contributed by atoms with Crippen LogP contribution >= 0.6 is 63.7 Å². The Bertz CT molecular complexity index is 3980. The second kappa shape index (κ2) is 25.6. The summed E-state index contributed by atoms with van der Waals surface area (Å²) in [4.78, 5) is -0.706. The van der Waals surface area contributed by atoms with E-state index >= 15 is 0 Å². The molecule has 0 unspecified atom stereocenters. The van der Waals surface area contributed by atoms with E-state index < -0.39 is 51.3 Å². The molecule has 14 nitrogen and oxygen atoms in total. The van der Waals surface area contributed by atoms with E-state index in [1.54, 1.807) is 72.8 Å². The van der Waals surface area contributed by atoms with E-state index in [0.29, 0.717) is 40.1 Å². The average molecular weight is 1500 g/mol. The fourth-order valence-electron chi connectivity index (χ4n) is 9.99. The molecule has 22 heteroatoms. The van der Waals surface area contributed by atoms with Gasteiger partial charge in [-0.1, -0.05) is 154 Å². The molecule has 452 valence electrons. The molecule has 0 saturated heterocycles. The zero-order chi connectivity index (χ0) is 62.3. The molecule has 0 radical (unpaired) electrons. The van der Waals surface area contributed by atoms with E-state index in [0.717, 1.165) is 0 Å². The Morgan fingerprint density at radius 1 is 0.337 bits per heavy atom. The highest BCUT2D eigenvalue weighted by molar-refractivity contribution is 9.11. The summed E-state index contributed by atoms with van der Waals surface area (Å²) in [6.07, 6.45) is -0.344. The number of nitrogens with two attached hydrogens (primary N) is 2. The van der Waals surface area contributed by atoms with Crippen molar-refractivity contribution in [2.24, 2.45) is 11.5 Å². The highest BCUT2D eigenvalue weighted by Crippen LogP contribution is 2.45. The van der Waals surface area contributed by atoms with Crippen LogP contribution in [-0.2, 0) is 89.8 Å². The number of fused-ring (bicyclic) bond motifs is 8. The van der Waals surface area contributed by atoms with Crippen LogP contribution in [0.3, 0.4) is 0 Å². The number of rotatable bonds is 16. The number of halogens is 4. The maximum absolute atomic E-state index is 14.9. The Morgan fingerprint density at radius 2 is 0.523 bits per heavy atom. The molecule has 0 aromatic heterocycles. The smallest absolute Gasteiger partial charge is 0.339 e. The van der Waals surface area contributed by atoms with Gasteiger partial charge in [-0.15, -0.1) is 0 Å². The Labute approximate surface area is 538 Å². The molecule has 1 aliphatic carbocycles. The molecular formula is C64H62Br4N2O12S4. The predicted molar refractivity (Wildman–Crippen MR) is 348 cm³/mol. The van der Waals surface area contributed by atoms with Crippen molar-refractivity contribution < 1.29 is 50.4 Å². The normalized spacial score (nSPS) is 13.3. The van der Waals surface area contributed by atoms with E-state index in [1.807, 2.05) is 65.8 Å². The van der Waals surface area contributed by atoms with Gasteiger partial charge in [0.25, 0.3) is 0 Å². The molecule has 0 aliphatic heterocycles. The predicted octanol–water partition coefficient (Wildman–Crippen LogP) is 14.1. The molecule has 0 heterocycles. The average Bonchev–Trinajstić information content (AvgIpc) is 0.860. The summed E-state index contributed by atoms with van der Waals surface area (Å²) in [6.45, 7) is 12.2. The zero-order valence-corrected chi connectivity index (χ0v) is 57.3. The molecule has 8 aromatic rings. The molecule has 0 atom stereocenters. The maximum Gasteiger partial charge on any atom is 0.339 e. The highest BCUT2D eigenvalue weighted by Gasteiger charge is 2.33. The van der Waals surface area contributed by atoms with Gasteiger partial charge in [-0.05, 0) is 156 Å². The Kier molecular flexibility index (Phi) is 19.4. The molecule has 86 heavy (non-hydrogen) atoms. The van der Waals surface area contributed by atoms with E-state index in [4.69, 9.17) is 28.2 Å². The van der Waals surface area contributed by atoms with Crippen molar-refractivity contribution in [3.05, 3.63) is 230 Å². The minimum atomic E-state index is -4.69. The topological polar surface area (TPSA) is 226 Å². The lowest BCUT2D eigenvalue weighted by molar-refractivity contribution is 0.477. The molecule has 0 fully saturated rings. The summed E-state index contributed by atoms with van der Waals surface area (Å²) in [5, 5.41) is 0. The van der Waals surface area contributed by atoms with E-state index in [9.17, 15) is 33.7 Å². The van der Waals surface area contributed by atoms with Crippen molar-refractivity contribution in [2.75, 3.05) is 13.1 Å². The van der Waals surface area contributed by atoms with Crippen LogP contribution in [0.1, 0.15) is 108 Å². The van der Waals surface area contributed by atoms with Crippen molar-refractivity contribution in [1.29, 1.82) is 0 Å². The van der Waals surface area contributed by atoms with Gasteiger partial charge < -0.3 is 28.2 Å². The molecule has 0 saturated carbocycles. The second-order valence-electron chi connectivity index (χ2n) is 23.0. The van der Waals surface area contributed by atoms with Crippen LogP contribution in [0, 0.1) is 0 Å². The van der Waals surface area contributed by atoms with E-state index in [2.05, 4.69) is 63.7 Å². The molecule has 1 aliphatic rings. The van der Waals surface area contributed by atoms with Crippen LogP contribution in [0.15, 0.2) is 183 Å². The summed E-state index contributed by atoms with van der Waals surface area (Å²) < 4.78 is 147. The van der Waals surface area contributed by atoms with Crippen LogP contribution in [-0.4, -0.2) is 46.8 Å². The SMILES string of the molecule is CC(C)(C)c1cc2c(OS(=O)(=O)c3ccc(Br)cc3)c(c1)Cc1cc(CCN)cc(c1OS(=O)(=O)c1ccc(Br)cc1)Cc1cc(C(C)(C)C)cc(c1OS(=O)(=O)c1ccc(Br)cc1)Cc1cc(CCN)cc(c1OS(=O)(=O)c1ccc(Br)cc1)C2.